The van der Waals surface area contributed by atoms with Gasteiger partial charge in [-0.1, -0.05) is 37.3 Å². The summed E-state index contributed by atoms with van der Waals surface area (Å²) < 4.78 is 7.88. The van der Waals surface area contributed by atoms with Crippen LogP contribution in [0.25, 0.3) is 5.65 Å². The number of rotatable bonds is 6. The maximum absolute atomic E-state index is 5.82. The Morgan fingerprint density at radius 1 is 1.14 bits per heavy atom. The Hall–Kier alpha value is -1.85. The van der Waals surface area contributed by atoms with Crippen molar-refractivity contribution in [3.8, 4) is 0 Å². The highest BCUT2D eigenvalue weighted by molar-refractivity contribution is 7.98. The lowest BCUT2D eigenvalue weighted by molar-refractivity contribution is 0.108. The molecular weight excluding hydrogens is 294 g/mol. The van der Waals surface area contributed by atoms with E-state index < -0.39 is 0 Å². The Morgan fingerprint density at radius 3 is 2.73 bits per heavy atom. The average Bonchev–Trinajstić information content (AvgIpc) is 2.98. The van der Waals surface area contributed by atoms with Crippen LogP contribution in [0, 0.1) is 0 Å². The molecule has 0 saturated carbocycles. The maximum Gasteiger partial charge on any atom is 0.160 e. The van der Waals surface area contributed by atoms with Crippen molar-refractivity contribution in [3.63, 3.8) is 0 Å². The Labute approximate surface area is 134 Å². The topological polar surface area (TPSA) is 39.4 Å². The molecule has 0 spiro atoms. The summed E-state index contributed by atoms with van der Waals surface area (Å²) in [7, 11) is 0. The van der Waals surface area contributed by atoms with Gasteiger partial charge in [0.15, 0.2) is 5.65 Å². The molecule has 3 aromatic rings. The van der Waals surface area contributed by atoms with Gasteiger partial charge in [0.1, 0.15) is 5.82 Å². The molecule has 0 aliphatic rings. The van der Waals surface area contributed by atoms with Crippen LogP contribution in [-0.4, -0.2) is 27.5 Å². The van der Waals surface area contributed by atoms with Gasteiger partial charge in [-0.05, 0) is 24.0 Å². The van der Waals surface area contributed by atoms with Crippen LogP contribution in [-0.2, 0) is 11.3 Å². The molecule has 0 amide bonds. The van der Waals surface area contributed by atoms with Gasteiger partial charge in [0.25, 0.3) is 0 Å². The number of fused-ring (bicyclic) bond motifs is 1. The van der Waals surface area contributed by atoms with Gasteiger partial charge < -0.3 is 4.74 Å². The summed E-state index contributed by atoms with van der Waals surface area (Å²) in [5, 5.41) is 8.55. The first-order chi connectivity index (χ1) is 10.8. The fourth-order valence-corrected chi connectivity index (χ4v) is 2.76. The highest BCUT2D eigenvalue weighted by Crippen LogP contribution is 2.20. The van der Waals surface area contributed by atoms with Crippen molar-refractivity contribution in [2.45, 2.75) is 24.3 Å². The van der Waals surface area contributed by atoms with Crippen LogP contribution < -0.4 is 0 Å². The molecule has 0 saturated heterocycles. The third-order valence-electron chi connectivity index (χ3n) is 3.56. The van der Waals surface area contributed by atoms with Crippen molar-refractivity contribution in [1.29, 1.82) is 0 Å². The average molecular weight is 313 g/mol. The van der Waals surface area contributed by atoms with Gasteiger partial charge in [0.2, 0.25) is 0 Å². The molecule has 0 aliphatic heterocycles. The molecule has 0 fully saturated rings. The number of ether oxygens (including phenoxy) is 1. The number of hydrogen-bond acceptors (Lipinski definition) is 4. The Bertz CT molecular complexity index is 742. The molecule has 1 atom stereocenters. The van der Waals surface area contributed by atoms with Crippen LogP contribution in [0.2, 0.25) is 0 Å². The van der Waals surface area contributed by atoms with Crippen LogP contribution in [0.1, 0.15) is 24.2 Å². The number of thioether (sulfide) groups is 1. The summed E-state index contributed by atoms with van der Waals surface area (Å²) in [6.45, 7) is 3.37. The van der Waals surface area contributed by atoms with Gasteiger partial charge in [0.05, 0.1) is 13.2 Å². The van der Waals surface area contributed by atoms with E-state index in [1.807, 2.05) is 24.3 Å². The maximum atomic E-state index is 5.82. The largest absolute Gasteiger partial charge is 0.376 e. The molecule has 22 heavy (non-hydrogen) atoms. The smallest absolute Gasteiger partial charge is 0.160 e. The van der Waals surface area contributed by atoms with E-state index in [1.165, 1.54) is 10.5 Å². The highest BCUT2D eigenvalue weighted by Gasteiger charge is 2.14. The zero-order chi connectivity index (χ0) is 15.4. The lowest BCUT2D eigenvalue weighted by Crippen LogP contribution is -2.08. The second kappa shape index (κ2) is 6.94. The Balaban J connectivity index is 1.68. The summed E-state index contributed by atoms with van der Waals surface area (Å²) in [5.41, 5.74) is 2.06. The number of aromatic nitrogens is 3. The fraction of sp³-hybridized carbons (Fsp3) is 0.294. The fourth-order valence-electron chi connectivity index (χ4n) is 2.35. The van der Waals surface area contributed by atoms with Crippen LogP contribution in [0.5, 0.6) is 0 Å². The monoisotopic (exact) mass is 313 g/mol. The molecule has 2 heterocycles. The summed E-state index contributed by atoms with van der Waals surface area (Å²) in [6, 6.07) is 14.3. The molecule has 5 heteroatoms. The van der Waals surface area contributed by atoms with E-state index in [2.05, 4.69) is 52.2 Å². The van der Waals surface area contributed by atoms with Crippen molar-refractivity contribution in [2.24, 2.45) is 0 Å². The lowest BCUT2D eigenvalue weighted by Gasteiger charge is -2.11. The van der Waals surface area contributed by atoms with Crippen LogP contribution in [0.15, 0.2) is 53.6 Å². The van der Waals surface area contributed by atoms with Gasteiger partial charge in [-0.25, -0.2) is 0 Å². The zero-order valence-electron chi connectivity index (χ0n) is 12.8. The van der Waals surface area contributed by atoms with E-state index in [0.29, 0.717) is 13.2 Å². The number of benzene rings is 1. The standard InChI is InChI=1S/C17H19N3OS/c1-13(11-21-12-14-6-4-3-5-7-14)17-19-18-16-9-8-15(22-2)10-20(16)17/h3-10,13H,11-12H2,1-2H3/t13-/m1/s1. The minimum atomic E-state index is 0.191. The third-order valence-corrected chi connectivity index (χ3v) is 4.27. The molecule has 3 rings (SSSR count). The van der Waals surface area contributed by atoms with Crippen molar-refractivity contribution in [1.82, 2.24) is 14.6 Å². The predicted octanol–water partition coefficient (Wildman–Crippen LogP) is 3.77. The molecule has 0 unspecified atom stereocenters. The first kappa shape index (κ1) is 15.1. The molecule has 0 N–H and O–H groups in total. The van der Waals surface area contributed by atoms with Gasteiger partial charge in [-0.3, -0.25) is 4.40 Å². The van der Waals surface area contributed by atoms with Crippen LogP contribution in [0.4, 0.5) is 0 Å². The summed E-state index contributed by atoms with van der Waals surface area (Å²) in [5.74, 6) is 1.13. The predicted molar refractivity (Wildman–Crippen MR) is 89.3 cm³/mol. The van der Waals surface area contributed by atoms with Crippen molar-refractivity contribution in [3.05, 3.63) is 60.0 Å². The second-order valence-electron chi connectivity index (χ2n) is 5.26. The van der Waals surface area contributed by atoms with Crippen molar-refractivity contribution in [2.75, 3.05) is 12.9 Å². The highest BCUT2D eigenvalue weighted by atomic mass is 32.2. The molecule has 114 valence electrons. The van der Waals surface area contributed by atoms with E-state index in [9.17, 15) is 0 Å². The second-order valence-corrected chi connectivity index (χ2v) is 6.14. The van der Waals surface area contributed by atoms with Crippen LogP contribution in [0.3, 0.4) is 0 Å². The molecule has 0 radical (unpaired) electrons. The minimum Gasteiger partial charge on any atom is -0.376 e. The molecular formula is C17H19N3OS. The Kier molecular flexibility index (Phi) is 4.75. The third kappa shape index (κ3) is 3.31. The minimum absolute atomic E-state index is 0.191. The van der Waals surface area contributed by atoms with E-state index in [4.69, 9.17) is 4.74 Å². The zero-order valence-corrected chi connectivity index (χ0v) is 13.6. The summed E-state index contributed by atoms with van der Waals surface area (Å²) in [6.07, 6.45) is 4.15. The van der Waals surface area contributed by atoms with E-state index >= 15 is 0 Å². The SMILES string of the molecule is CSc1ccc2nnc([C@H](C)COCc3ccccc3)n2c1. The van der Waals surface area contributed by atoms with Gasteiger partial charge >= 0.3 is 0 Å². The first-order valence-electron chi connectivity index (χ1n) is 7.28. The molecule has 2 aromatic heterocycles. The number of nitrogens with zero attached hydrogens (tertiary/aromatic N) is 3. The number of hydrogen-bond donors (Lipinski definition) is 0. The lowest BCUT2D eigenvalue weighted by atomic mass is 10.2. The normalized spacial score (nSPS) is 12.6. The molecule has 0 aliphatic carbocycles. The Morgan fingerprint density at radius 2 is 1.95 bits per heavy atom. The van der Waals surface area contributed by atoms with Crippen LogP contribution >= 0.6 is 11.8 Å². The number of pyridine rings is 1. The van der Waals surface area contributed by atoms with Gasteiger partial charge in [-0.15, -0.1) is 22.0 Å². The van der Waals surface area contributed by atoms with E-state index in [-0.39, 0.29) is 5.92 Å². The van der Waals surface area contributed by atoms with Crippen molar-refractivity contribution < 1.29 is 4.74 Å². The van der Waals surface area contributed by atoms with E-state index in [0.717, 1.165) is 11.5 Å². The molecule has 1 aromatic carbocycles. The van der Waals surface area contributed by atoms with E-state index in [1.54, 1.807) is 11.8 Å². The molecule has 0 bridgehead atoms. The first-order valence-corrected chi connectivity index (χ1v) is 8.50. The van der Waals surface area contributed by atoms with Gasteiger partial charge in [-0.2, -0.15) is 0 Å². The van der Waals surface area contributed by atoms with Gasteiger partial charge in [0, 0.05) is 17.0 Å². The summed E-state index contributed by atoms with van der Waals surface area (Å²) >= 11 is 1.71. The summed E-state index contributed by atoms with van der Waals surface area (Å²) in [4.78, 5) is 1.20. The quantitative estimate of drug-likeness (QED) is 0.649. The van der Waals surface area contributed by atoms with Crippen molar-refractivity contribution >= 4 is 17.4 Å². The molecule has 4 nitrogen and oxygen atoms in total.